The van der Waals surface area contributed by atoms with Crippen LogP contribution in [0.15, 0.2) is 53.9 Å². The third-order valence-electron chi connectivity index (χ3n) is 5.09. The molecule has 144 valence electrons. The van der Waals surface area contributed by atoms with Gasteiger partial charge in [-0.25, -0.2) is 9.97 Å². The molecule has 0 fully saturated rings. The zero-order valence-corrected chi connectivity index (χ0v) is 16.4. The Hall–Kier alpha value is -3.45. The Morgan fingerprint density at radius 1 is 1.10 bits per heavy atom. The number of thiophene rings is 1. The molecular formula is C22H19N5OS. The smallest absolute Gasteiger partial charge is 0.249 e. The highest BCUT2D eigenvalue weighted by atomic mass is 32.1. The number of carbonyl (C=O) groups excluding carboxylic acids is 1. The fourth-order valence-corrected chi connectivity index (χ4v) is 4.65. The zero-order valence-electron chi connectivity index (χ0n) is 15.6. The van der Waals surface area contributed by atoms with E-state index in [-0.39, 0.29) is 0 Å². The molecule has 3 heterocycles. The molecule has 0 spiro atoms. The number of anilines is 2. The van der Waals surface area contributed by atoms with Gasteiger partial charge in [-0.15, -0.1) is 11.3 Å². The minimum absolute atomic E-state index is 0.429. The van der Waals surface area contributed by atoms with Crippen LogP contribution in [0.1, 0.15) is 21.5 Å². The van der Waals surface area contributed by atoms with Crippen molar-refractivity contribution in [3.8, 4) is 10.7 Å². The Labute approximate surface area is 171 Å². The van der Waals surface area contributed by atoms with Gasteiger partial charge in [0.25, 0.3) is 0 Å². The Bertz CT molecular complexity index is 1220. The number of rotatable bonds is 5. The normalized spacial score (nSPS) is 12.6. The monoisotopic (exact) mass is 401 g/mol. The minimum atomic E-state index is -0.429. The molecule has 4 aromatic rings. The van der Waals surface area contributed by atoms with E-state index < -0.39 is 5.91 Å². The first kappa shape index (κ1) is 17.6. The second-order valence-electron chi connectivity index (χ2n) is 6.93. The number of amides is 1. The summed E-state index contributed by atoms with van der Waals surface area (Å²) in [5, 5.41) is 10.6. The second-order valence-corrected chi connectivity index (χ2v) is 7.81. The summed E-state index contributed by atoms with van der Waals surface area (Å²) in [6.45, 7) is 1.55. The third kappa shape index (κ3) is 3.19. The molecular weight excluding hydrogens is 382 g/mol. The van der Waals surface area contributed by atoms with Crippen LogP contribution in [0.2, 0.25) is 0 Å². The van der Waals surface area contributed by atoms with Crippen LogP contribution >= 0.6 is 11.3 Å². The quantitative estimate of drug-likeness (QED) is 0.469. The molecule has 7 heteroatoms. The molecule has 0 atom stereocenters. The van der Waals surface area contributed by atoms with Crippen molar-refractivity contribution < 1.29 is 4.79 Å². The van der Waals surface area contributed by atoms with Crippen molar-refractivity contribution >= 4 is 39.7 Å². The van der Waals surface area contributed by atoms with Gasteiger partial charge in [0.05, 0.1) is 4.88 Å². The molecule has 5 rings (SSSR count). The van der Waals surface area contributed by atoms with E-state index in [0.717, 1.165) is 45.8 Å². The largest absolute Gasteiger partial charge is 0.369 e. The van der Waals surface area contributed by atoms with Gasteiger partial charge in [0.1, 0.15) is 11.6 Å². The maximum absolute atomic E-state index is 11.8. The maximum atomic E-state index is 11.8. The van der Waals surface area contributed by atoms with Crippen LogP contribution in [0, 0.1) is 0 Å². The first-order valence-corrected chi connectivity index (χ1v) is 10.3. The minimum Gasteiger partial charge on any atom is -0.369 e. The van der Waals surface area contributed by atoms with E-state index in [1.807, 2.05) is 35.7 Å². The van der Waals surface area contributed by atoms with E-state index in [2.05, 4.69) is 22.8 Å². The lowest BCUT2D eigenvalue weighted by molar-refractivity contribution is 0.100. The van der Waals surface area contributed by atoms with Crippen molar-refractivity contribution in [2.24, 2.45) is 5.73 Å². The number of nitrogens with two attached hydrogens (primary N) is 1. The van der Waals surface area contributed by atoms with Gasteiger partial charge in [-0.05, 0) is 18.1 Å². The lowest BCUT2D eigenvalue weighted by Gasteiger charge is -2.12. The summed E-state index contributed by atoms with van der Waals surface area (Å²) in [6, 6.07) is 15.8. The summed E-state index contributed by atoms with van der Waals surface area (Å²) >= 11 is 1.53. The second kappa shape index (κ2) is 7.18. The van der Waals surface area contributed by atoms with Gasteiger partial charge in [-0.3, -0.25) is 4.79 Å². The van der Waals surface area contributed by atoms with E-state index in [4.69, 9.17) is 15.7 Å². The molecule has 2 aromatic carbocycles. The molecule has 1 aliphatic rings. The molecule has 6 nitrogen and oxygen atoms in total. The van der Waals surface area contributed by atoms with Gasteiger partial charge in [-0.2, -0.15) is 0 Å². The van der Waals surface area contributed by atoms with Gasteiger partial charge in [0.2, 0.25) is 5.91 Å². The topological polar surface area (TPSA) is 92.9 Å². The molecule has 0 saturated heterocycles. The number of benzene rings is 2. The number of aromatic nitrogens is 2. The highest BCUT2D eigenvalue weighted by Crippen LogP contribution is 2.37. The van der Waals surface area contributed by atoms with Crippen molar-refractivity contribution in [1.29, 1.82) is 0 Å². The fraction of sp³-hybridized carbons (Fsp3) is 0.136. The molecule has 29 heavy (non-hydrogen) atoms. The Morgan fingerprint density at radius 2 is 1.97 bits per heavy atom. The summed E-state index contributed by atoms with van der Waals surface area (Å²) in [6.07, 6.45) is 0.893. The van der Waals surface area contributed by atoms with Crippen LogP contribution in [0.4, 0.5) is 11.6 Å². The molecule has 0 bridgehead atoms. The van der Waals surface area contributed by atoms with Crippen LogP contribution in [0.5, 0.6) is 0 Å². The number of hydrogen-bond acceptors (Lipinski definition) is 6. The van der Waals surface area contributed by atoms with Crippen molar-refractivity contribution in [3.63, 3.8) is 0 Å². The number of carbonyl (C=O) groups is 1. The van der Waals surface area contributed by atoms with Crippen LogP contribution in [-0.2, 0) is 13.0 Å². The lowest BCUT2D eigenvalue weighted by atomic mass is 10.1. The van der Waals surface area contributed by atoms with Crippen LogP contribution in [-0.4, -0.2) is 22.4 Å². The molecule has 1 amide bonds. The van der Waals surface area contributed by atoms with Gasteiger partial charge in [0, 0.05) is 40.4 Å². The van der Waals surface area contributed by atoms with Crippen molar-refractivity contribution in [3.05, 3.63) is 70.6 Å². The van der Waals surface area contributed by atoms with Crippen LogP contribution < -0.4 is 16.4 Å². The van der Waals surface area contributed by atoms with Gasteiger partial charge < -0.3 is 16.4 Å². The zero-order chi connectivity index (χ0) is 19.8. The number of fused-ring (bicyclic) bond motifs is 2. The van der Waals surface area contributed by atoms with E-state index in [9.17, 15) is 4.79 Å². The van der Waals surface area contributed by atoms with E-state index in [1.165, 1.54) is 16.9 Å². The van der Waals surface area contributed by atoms with Crippen LogP contribution in [0.25, 0.3) is 21.5 Å². The Kier molecular flexibility index (Phi) is 4.37. The predicted molar refractivity (Wildman–Crippen MR) is 117 cm³/mol. The summed E-state index contributed by atoms with van der Waals surface area (Å²) < 4.78 is 0. The molecule has 2 aromatic heterocycles. The van der Waals surface area contributed by atoms with Gasteiger partial charge in [-0.1, -0.05) is 42.5 Å². The third-order valence-corrected chi connectivity index (χ3v) is 6.08. The lowest BCUT2D eigenvalue weighted by Crippen LogP contribution is -2.10. The van der Waals surface area contributed by atoms with E-state index in [0.29, 0.717) is 17.9 Å². The first-order valence-electron chi connectivity index (χ1n) is 9.43. The standard InChI is InChI=1S/C22H19N5OS/c23-19(28)15-8-4-7-14-17(15)12-29-18(14)22-26-20-16(9-10-24-20)21(27-22)25-11-13-5-2-1-3-6-13/h1-8,12H,9-11H2,(H2,23,28)(H2,24,25,26,27). The SMILES string of the molecule is NC(=O)c1cccc2c(-c3nc4c(c(NCc5ccccc5)n3)CCN4)scc12. The molecule has 1 aliphatic heterocycles. The summed E-state index contributed by atoms with van der Waals surface area (Å²) in [4.78, 5) is 22.3. The molecule has 0 aliphatic carbocycles. The highest BCUT2D eigenvalue weighted by molar-refractivity contribution is 7.15. The highest BCUT2D eigenvalue weighted by Gasteiger charge is 2.22. The molecule has 0 radical (unpaired) electrons. The average Bonchev–Trinajstić information content (AvgIpc) is 3.39. The van der Waals surface area contributed by atoms with Crippen molar-refractivity contribution in [2.75, 3.05) is 17.2 Å². The molecule has 0 unspecified atom stereocenters. The summed E-state index contributed by atoms with van der Waals surface area (Å²) in [7, 11) is 0. The fourth-order valence-electron chi connectivity index (χ4n) is 3.66. The number of nitrogens with zero attached hydrogens (tertiary/aromatic N) is 2. The number of primary amides is 1. The average molecular weight is 401 g/mol. The number of nitrogens with one attached hydrogen (secondary N) is 2. The summed E-state index contributed by atoms with van der Waals surface area (Å²) in [5.41, 5.74) is 8.36. The van der Waals surface area contributed by atoms with Gasteiger partial charge >= 0.3 is 0 Å². The van der Waals surface area contributed by atoms with Gasteiger partial charge in [0.15, 0.2) is 5.82 Å². The van der Waals surface area contributed by atoms with Crippen LogP contribution in [0.3, 0.4) is 0 Å². The van der Waals surface area contributed by atoms with Crippen molar-refractivity contribution in [2.45, 2.75) is 13.0 Å². The van der Waals surface area contributed by atoms with E-state index in [1.54, 1.807) is 6.07 Å². The predicted octanol–water partition coefficient (Wildman–Crippen LogP) is 4.04. The summed E-state index contributed by atoms with van der Waals surface area (Å²) in [5.74, 6) is 1.95. The Balaban J connectivity index is 1.57. The number of hydrogen-bond donors (Lipinski definition) is 3. The Morgan fingerprint density at radius 3 is 2.79 bits per heavy atom. The van der Waals surface area contributed by atoms with Crippen molar-refractivity contribution in [1.82, 2.24) is 9.97 Å². The molecule has 4 N–H and O–H groups in total. The van der Waals surface area contributed by atoms with E-state index >= 15 is 0 Å². The first-order chi connectivity index (χ1) is 14.2. The maximum Gasteiger partial charge on any atom is 0.249 e. The molecule has 0 saturated carbocycles.